The number of piperidine rings is 1. The van der Waals surface area contributed by atoms with Crippen LogP contribution < -0.4 is 5.73 Å². The molecule has 34 heavy (non-hydrogen) atoms. The van der Waals surface area contributed by atoms with Crippen LogP contribution in [0.1, 0.15) is 56.8 Å². The van der Waals surface area contributed by atoms with Gasteiger partial charge in [0.1, 0.15) is 10.6 Å². The van der Waals surface area contributed by atoms with Crippen molar-refractivity contribution in [3.05, 3.63) is 23.3 Å². The van der Waals surface area contributed by atoms with Gasteiger partial charge in [0.05, 0.1) is 12.2 Å². The highest BCUT2D eigenvalue weighted by atomic mass is 32.2. The van der Waals surface area contributed by atoms with Crippen molar-refractivity contribution < 1.29 is 28.2 Å². The molecule has 0 radical (unpaired) electrons. The van der Waals surface area contributed by atoms with Gasteiger partial charge < -0.3 is 30.5 Å². The average Bonchev–Trinajstić information content (AvgIpc) is 2.97. The molecule has 3 heterocycles. The highest BCUT2D eigenvalue weighted by molar-refractivity contribution is 7.94. The lowest BCUT2D eigenvalue weighted by molar-refractivity contribution is -0.130. The Morgan fingerprint density at radius 3 is 2.44 bits per heavy atom. The first-order valence-electron chi connectivity index (χ1n) is 12.2. The number of carbonyl (C=O) groups is 1. The van der Waals surface area contributed by atoms with Crippen LogP contribution in [0.5, 0.6) is 11.5 Å². The Morgan fingerprint density at radius 1 is 1.15 bits per heavy atom. The number of likely N-dealkylation sites (tertiary alicyclic amines) is 1. The van der Waals surface area contributed by atoms with E-state index in [0.29, 0.717) is 25.4 Å². The van der Waals surface area contributed by atoms with Gasteiger partial charge in [-0.3, -0.25) is 4.79 Å². The molecule has 0 bridgehead atoms. The summed E-state index contributed by atoms with van der Waals surface area (Å²) in [5.41, 5.74) is 7.54. The molecule has 190 valence electrons. The second-order valence-corrected chi connectivity index (χ2v) is 12.8. The second-order valence-electron chi connectivity index (χ2n) is 10.3. The molecule has 1 aromatic rings. The molecule has 2 atom stereocenters. The third-order valence-electron chi connectivity index (χ3n) is 7.82. The minimum Gasteiger partial charge on any atom is -0.504 e. The number of benzene rings is 1. The molecular formula is C24H37N3O6S. The SMILES string of the molecule is CC1(C)C(=O)N(CCCCN2CCC([C@@H]3Cc4c(ccc(O)c4O)[C@H](CN)O3)CC2)CS1(=O)=O. The molecule has 9 nitrogen and oxygen atoms in total. The standard InChI is InChI=1S/C24H37N3O6S/c1-24(2)23(30)27(15-34(24,31)32)10-4-3-9-26-11-7-16(8-12-26)20-13-18-17(21(14-25)33-20)5-6-19(28)22(18)29/h5-6,16,20-21,28-29H,3-4,7-15,25H2,1-2H3/t20-,21-/m0/s1. The van der Waals surface area contributed by atoms with Crippen LogP contribution in [0.25, 0.3) is 0 Å². The minimum atomic E-state index is -3.41. The summed E-state index contributed by atoms with van der Waals surface area (Å²) in [6, 6.07) is 3.27. The van der Waals surface area contributed by atoms with Gasteiger partial charge in [-0.1, -0.05) is 6.07 Å². The zero-order valence-electron chi connectivity index (χ0n) is 20.1. The number of phenols is 2. The number of amides is 1. The topological polar surface area (TPSA) is 133 Å². The van der Waals surface area contributed by atoms with Gasteiger partial charge >= 0.3 is 0 Å². The molecule has 3 aliphatic rings. The van der Waals surface area contributed by atoms with Crippen molar-refractivity contribution in [3.63, 3.8) is 0 Å². The number of nitrogens with two attached hydrogens (primary N) is 1. The fraction of sp³-hybridized carbons (Fsp3) is 0.708. The summed E-state index contributed by atoms with van der Waals surface area (Å²) in [7, 11) is -3.41. The zero-order chi connectivity index (χ0) is 24.7. The van der Waals surface area contributed by atoms with E-state index in [1.54, 1.807) is 6.07 Å². The zero-order valence-corrected chi connectivity index (χ0v) is 20.9. The number of hydrogen-bond donors (Lipinski definition) is 3. The highest BCUT2D eigenvalue weighted by Gasteiger charge is 2.51. The van der Waals surface area contributed by atoms with E-state index in [1.807, 2.05) is 0 Å². The molecule has 4 rings (SSSR count). The van der Waals surface area contributed by atoms with E-state index < -0.39 is 14.6 Å². The molecule has 1 amide bonds. The Hall–Kier alpha value is -1.88. The quantitative estimate of drug-likeness (QED) is 0.383. The highest BCUT2D eigenvalue weighted by Crippen LogP contribution is 2.42. The number of phenolic OH excluding ortho intramolecular Hbond substituents is 2. The predicted molar refractivity (Wildman–Crippen MR) is 128 cm³/mol. The molecule has 2 saturated heterocycles. The van der Waals surface area contributed by atoms with Gasteiger partial charge in [-0.2, -0.15) is 0 Å². The van der Waals surface area contributed by atoms with Crippen LogP contribution in [0.4, 0.5) is 0 Å². The van der Waals surface area contributed by atoms with E-state index in [0.717, 1.165) is 56.4 Å². The number of ether oxygens (including phenoxy) is 1. The Labute approximate surface area is 201 Å². The Kier molecular flexibility index (Phi) is 7.15. The average molecular weight is 496 g/mol. The van der Waals surface area contributed by atoms with Gasteiger partial charge in [0, 0.05) is 25.1 Å². The Morgan fingerprint density at radius 2 is 1.82 bits per heavy atom. The van der Waals surface area contributed by atoms with Crippen molar-refractivity contribution in [1.82, 2.24) is 9.80 Å². The summed E-state index contributed by atoms with van der Waals surface area (Å²) in [5, 5.41) is 20.3. The summed E-state index contributed by atoms with van der Waals surface area (Å²) in [6.07, 6.45) is 3.90. The van der Waals surface area contributed by atoms with Crippen molar-refractivity contribution in [2.75, 3.05) is 38.6 Å². The number of aromatic hydroxyl groups is 2. The molecule has 3 aliphatic heterocycles. The minimum absolute atomic E-state index is 0.0395. The lowest BCUT2D eigenvalue weighted by Crippen LogP contribution is -2.42. The van der Waals surface area contributed by atoms with Crippen LogP contribution >= 0.6 is 0 Å². The normalized spacial score (nSPS) is 27.1. The van der Waals surface area contributed by atoms with E-state index in [1.165, 1.54) is 24.8 Å². The van der Waals surface area contributed by atoms with Crippen molar-refractivity contribution in [3.8, 4) is 11.5 Å². The van der Waals surface area contributed by atoms with E-state index >= 15 is 0 Å². The van der Waals surface area contributed by atoms with E-state index in [4.69, 9.17) is 10.5 Å². The summed E-state index contributed by atoms with van der Waals surface area (Å²) < 4.78 is 29.3. The van der Waals surface area contributed by atoms with Gasteiger partial charge in [-0.15, -0.1) is 0 Å². The fourth-order valence-electron chi connectivity index (χ4n) is 5.44. The van der Waals surface area contributed by atoms with Gasteiger partial charge in [0.25, 0.3) is 0 Å². The monoisotopic (exact) mass is 495 g/mol. The molecular weight excluding hydrogens is 458 g/mol. The van der Waals surface area contributed by atoms with Gasteiger partial charge in [0.2, 0.25) is 5.91 Å². The maximum atomic E-state index is 12.4. The lowest BCUT2D eigenvalue weighted by Gasteiger charge is -2.40. The third-order valence-corrected chi connectivity index (χ3v) is 10.2. The summed E-state index contributed by atoms with van der Waals surface area (Å²) in [4.78, 5) is 16.3. The number of nitrogens with zero attached hydrogens (tertiary/aromatic N) is 2. The van der Waals surface area contributed by atoms with Crippen molar-refractivity contribution >= 4 is 15.7 Å². The molecule has 1 aromatic carbocycles. The second kappa shape index (κ2) is 9.64. The van der Waals surface area contributed by atoms with Crippen molar-refractivity contribution in [1.29, 1.82) is 0 Å². The lowest BCUT2D eigenvalue weighted by atomic mass is 9.83. The molecule has 0 saturated carbocycles. The third kappa shape index (κ3) is 4.65. The molecule has 4 N–H and O–H groups in total. The molecule has 10 heteroatoms. The van der Waals surface area contributed by atoms with Crippen LogP contribution in [0.15, 0.2) is 12.1 Å². The van der Waals surface area contributed by atoms with Gasteiger partial charge in [-0.05, 0) is 76.7 Å². The van der Waals surface area contributed by atoms with Crippen LogP contribution in [0, 0.1) is 5.92 Å². The summed E-state index contributed by atoms with van der Waals surface area (Å²) in [6.45, 7) is 6.59. The number of rotatable bonds is 7. The number of unbranched alkanes of at least 4 members (excludes halogenated alkanes) is 1. The predicted octanol–water partition coefficient (Wildman–Crippen LogP) is 1.52. The molecule has 0 aliphatic carbocycles. The summed E-state index contributed by atoms with van der Waals surface area (Å²) >= 11 is 0. The van der Waals surface area contributed by atoms with E-state index in [9.17, 15) is 23.4 Å². The first-order valence-corrected chi connectivity index (χ1v) is 13.8. The van der Waals surface area contributed by atoms with Gasteiger partial charge in [0.15, 0.2) is 21.3 Å². The largest absolute Gasteiger partial charge is 0.504 e. The molecule has 0 unspecified atom stereocenters. The van der Waals surface area contributed by atoms with E-state index in [-0.39, 0.29) is 35.5 Å². The molecule has 0 spiro atoms. The Balaban J connectivity index is 1.24. The van der Waals surface area contributed by atoms with Crippen molar-refractivity contribution in [2.24, 2.45) is 11.7 Å². The first-order chi connectivity index (χ1) is 16.0. The van der Waals surface area contributed by atoms with Crippen molar-refractivity contribution in [2.45, 2.75) is 62.9 Å². The van der Waals surface area contributed by atoms with Crippen LogP contribution in [0.2, 0.25) is 0 Å². The maximum absolute atomic E-state index is 12.4. The Bertz CT molecular complexity index is 1020. The van der Waals surface area contributed by atoms with Crippen LogP contribution in [-0.4, -0.2) is 83.8 Å². The van der Waals surface area contributed by atoms with Gasteiger partial charge in [-0.25, -0.2) is 8.42 Å². The first kappa shape index (κ1) is 25.2. The number of carbonyl (C=O) groups excluding carboxylic acids is 1. The molecule has 0 aromatic heterocycles. The number of fused-ring (bicyclic) bond motifs is 1. The number of hydrogen-bond acceptors (Lipinski definition) is 8. The smallest absolute Gasteiger partial charge is 0.244 e. The fourth-order valence-corrected chi connectivity index (χ4v) is 6.82. The number of sulfone groups is 1. The summed E-state index contributed by atoms with van der Waals surface area (Å²) in [5.74, 6) is -0.283. The van der Waals surface area contributed by atoms with Crippen LogP contribution in [-0.2, 0) is 25.8 Å². The van der Waals surface area contributed by atoms with Crippen LogP contribution in [0.3, 0.4) is 0 Å². The van der Waals surface area contributed by atoms with E-state index in [2.05, 4.69) is 4.90 Å². The molecule has 2 fully saturated rings. The maximum Gasteiger partial charge on any atom is 0.244 e.